The van der Waals surface area contributed by atoms with Crippen LogP contribution in [0.3, 0.4) is 0 Å². The van der Waals surface area contributed by atoms with E-state index in [1.54, 1.807) is 48.9 Å². The molecule has 2 heterocycles. The van der Waals surface area contributed by atoms with Crippen LogP contribution in [0.4, 0.5) is 5.95 Å². The van der Waals surface area contributed by atoms with E-state index in [1.807, 2.05) is 0 Å². The number of nitrogens with zero attached hydrogens (tertiary/aromatic N) is 3. The standard InChI is InChI=1S/C18H19N5O3S/c1-12(24)8-23-27(25,26)17-5-3-2-4-15(17)13-6-7-16(20-9-13)14-10-21-18(19)22-11-14/h2-7,9-12,23-24H,8H2,1H3,(H2,19,21,22). The molecule has 4 N–H and O–H groups in total. The van der Waals surface area contributed by atoms with Gasteiger partial charge in [-0.15, -0.1) is 0 Å². The van der Waals surface area contributed by atoms with Crippen LogP contribution >= 0.6 is 0 Å². The van der Waals surface area contributed by atoms with E-state index in [9.17, 15) is 13.5 Å². The van der Waals surface area contributed by atoms with Gasteiger partial charge in [-0.25, -0.2) is 23.1 Å². The molecule has 0 saturated heterocycles. The molecule has 0 amide bonds. The fraction of sp³-hybridized carbons (Fsp3) is 0.167. The van der Waals surface area contributed by atoms with Crippen molar-refractivity contribution in [1.82, 2.24) is 19.7 Å². The lowest BCUT2D eigenvalue weighted by atomic mass is 10.1. The molecule has 8 nitrogen and oxygen atoms in total. The SMILES string of the molecule is CC(O)CNS(=O)(=O)c1ccccc1-c1ccc(-c2cnc(N)nc2)nc1. The molecule has 0 saturated carbocycles. The summed E-state index contributed by atoms with van der Waals surface area (Å²) >= 11 is 0. The van der Waals surface area contributed by atoms with Crippen LogP contribution in [0.25, 0.3) is 22.4 Å². The average molecular weight is 385 g/mol. The monoisotopic (exact) mass is 385 g/mol. The highest BCUT2D eigenvalue weighted by Crippen LogP contribution is 2.28. The van der Waals surface area contributed by atoms with E-state index in [1.165, 1.54) is 13.0 Å². The second-order valence-corrected chi connectivity index (χ2v) is 7.69. The van der Waals surface area contributed by atoms with Gasteiger partial charge in [-0.1, -0.05) is 24.3 Å². The summed E-state index contributed by atoms with van der Waals surface area (Å²) in [7, 11) is -3.77. The van der Waals surface area contributed by atoms with Gasteiger partial charge in [-0.3, -0.25) is 4.98 Å². The van der Waals surface area contributed by atoms with Gasteiger partial charge in [-0.05, 0) is 19.1 Å². The molecule has 2 aromatic heterocycles. The minimum absolute atomic E-state index is 0.0645. The number of rotatable bonds is 6. The molecule has 0 aliphatic heterocycles. The maximum Gasteiger partial charge on any atom is 0.241 e. The number of benzene rings is 1. The molecule has 0 radical (unpaired) electrons. The van der Waals surface area contributed by atoms with E-state index < -0.39 is 16.1 Å². The van der Waals surface area contributed by atoms with Gasteiger partial charge in [0.05, 0.1) is 16.7 Å². The number of aromatic nitrogens is 3. The molecule has 3 aromatic rings. The Morgan fingerprint density at radius 2 is 1.70 bits per heavy atom. The molecule has 0 aliphatic rings. The Labute approximate surface area is 157 Å². The van der Waals surface area contributed by atoms with Gasteiger partial charge in [-0.2, -0.15) is 0 Å². The van der Waals surface area contributed by atoms with Gasteiger partial charge < -0.3 is 10.8 Å². The molecule has 1 atom stereocenters. The molecular formula is C18H19N5O3S. The topological polar surface area (TPSA) is 131 Å². The van der Waals surface area contributed by atoms with Crippen molar-refractivity contribution in [3.8, 4) is 22.4 Å². The summed E-state index contributed by atoms with van der Waals surface area (Å²) in [5.41, 5.74) is 8.00. The highest BCUT2D eigenvalue weighted by Gasteiger charge is 2.19. The number of anilines is 1. The molecular weight excluding hydrogens is 366 g/mol. The van der Waals surface area contributed by atoms with Crippen molar-refractivity contribution in [3.63, 3.8) is 0 Å². The van der Waals surface area contributed by atoms with Crippen molar-refractivity contribution >= 4 is 16.0 Å². The molecule has 0 aliphatic carbocycles. The van der Waals surface area contributed by atoms with Crippen LogP contribution in [0.5, 0.6) is 0 Å². The van der Waals surface area contributed by atoms with Gasteiger partial charge >= 0.3 is 0 Å². The number of aliphatic hydroxyl groups excluding tert-OH is 1. The molecule has 3 rings (SSSR count). The van der Waals surface area contributed by atoms with E-state index in [0.29, 0.717) is 22.4 Å². The first-order valence-corrected chi connectivity index (χ1v) is 9.66. The van der Waals surface area contributed by atoms with Crippen LogP contribution in [0.15, 0.2) is 59.9 Å². The molecule has 0 fully saturated rings. The maximum absolute atomic E-state index is 12.6. The second-order valence-electron chi connectivity index (χ2n) is 5.96. The lowest BCUT2D eigenvalue weighted by Gasteiger charge is -2.13. The predicted octanol–water partition coefficient (Wildman–Crippen LogP) is 1.45. The molecule has 9 heteroatoms. The normalized spacial score (nSPS) is 12.7. The van der Waals surface area contributed by atoms with Crippen LogP contribution in [-0.2, 0) is 10.0 Å². The smallest absolute Gasteiger partial charge is 0.241 e. The van der Waals surface area contributed by atoms with E-state index in [2.05, 4.69) is 19.7 Å². The first-order chi connectivity index (χ1) is 12.9. The average Bonchev–Trinajstić information content (AvgIpc) is 2.67. The fourth-order valence-electron chi connectivity index (χ4n) is 2.44. The second kappa shape index (κ2) is 7.78. The van der Waals surface area contributed by atoms with Gasteiger partial charge in [0.2, 0.25) is 16.0 Å². The number of hydrogen-bond acceptors (Lipinski definition) is 7. The quantitative estimate of drug-likeness (QED) is 0.585. The largest absolute Gasteiger partial charge is 0.392 e. The van der Waals surface area contributed by atoms with Crippen molar-refractivity contribution in [1.29, 1.82) is 0 Å². The minimum Gasteiger partial charge on any atom is -0.392 e. The summed E-state index contributed by atoms with van der Waals surface area (Å²) in [6, 6.07) is 10.2. The minimum atomic E-state index is -3.77. The molecule has 1 unspecified atom stereocenters. The molecule has 27 heavy (non-hydrogen) atoms. The number of nitrogen functional groups attached to an aromatic ring is 1. The molecule has 0 bridgehead atoms. The lowest BCUT2D eigenvalue weighted by Crippen LogP contribution is -2.30. The summed E-state index contributed by atoms with van der Waals surface area (Å²) < 4.78 is 27.6. The maximum atomic E-state index is 12.6. The Balaban J connectivity index is 1.94. The first-order valence-electron chi connectivity index (χ1n) is 8.18. The number of pyridine rings is 1. The Kier molecular flexibility index (Phi) is 5.45. The van der Waals surface area contributed by atoms with E-state index >= 15 is 0 Å². The third-order valence-corrected chi connectivity index (χ3v) is 5.27. The lowest BCUT2D eigenvalue weighted by molar-refractivity contribution is 0.198. The Bertz CT molecular complexity index is 1020. The summed E-state index contributed by atoms with van der Waals surface area (Å²) in [4.78, 5) is 12.4. The van der Waals surface area contributed by atoms with Crippen LogP contribution in [-0.4, -0.2) is 41.1 Å². The summed E-state index contributed by atoms with van der Waals surface area (Å²) in [5, 5.41) is 9.35. The van der Waals surface area contributed by atoms with Crippen molar-refractivity contribution in [2.24, 2.45) is 0 Å². The van der Waals surface area contributed by atoms with E-state index in [0.717, 1.165) is 0 Å². The van der Waals surface area contributed by atoms with Crippen LogP contribution in [0.2, 0.25) is 0 Å². The highest BCUT2D eigenvalue weighted by atomic mass is 32.2. The highest BCUT2D eigenvalue weighted by molar-refractivity contribution is 7.89. The van der Waals surface area contributed by atoms with Crippen molar-refractivity contribution < 1.29 is 13.5 Å². The summed E-state index contributed by atoms with van der Waals surface area (Å²) in [6.45, 7) is 1.45. The van der Waals surface area contributed by atoms with Crippen molar-refractivity contribution in [3.05, 3.63) is 55.0 Å². The number of nitrogens with two attached hydrogens (primary N) is 1. The van der Waals surface area contributed by atoms with Crippen LogP contribution in [0.1, 0.15) is 6.92 Å². The predicted molar refractivity (Wildman–Crippen MR) is 102 cm³/mol. The van der Waals surface area contributed by atoms with Gasteiger partial charge in [0, 0.05) is 41.8 Å². The number of aliphatic hydroxyl groups is 1. The third kappa shape index (κ3) is 4.45. The van der Waals surface area contributed by atoms with Crippen molar-refractivity contribution in [2.75, 3.05) is 12.3 Å². The number of sulfonamides is 1. The molecule has 140 valence electrons. The zero-order chi connectivity index (χ0) is 19.4. The van der Waals surface area contributed by atoms with Gasteiger partial charge in [0.1, 0.15) is 0 Å². The summed E-state index contributed by atoms with van der Waals surface area (Å²) in [6.07, 6.45) is 3.95. The van der Waals surface area contributed by atoms with E-state index in [4.69, 9.17) is 5.73 Å². The molecule has 1 aromatic carbocycles. The fourth-order valence-corrected chi connectivity index (χ4v) is 3.79. The first kappa shape index (κ1) is 18.9. The van der Waals surface area contributed by atoms with Gasteiger partial charge in [0.25, 0.3) is 0 Å². The number of nitrogens with one attached hydrogen (secondary N) is 1. The molecule has 0 spiro atoms. The zero-order valence-electron chi connectivity index (χ0n) is 14.6. The number of hydrogen-bond donors (Lipinski definition) is 3. The van der Waals surface area contributed by atoms with Gasteiger partial charge in [0.15, 0.2) is 0 Å². The Hall–Kier alpha value is -2.88. The zero-order valence-corrected chi connectivity index (χ0v) is 15.4. The van der Waals surface area contributed by atoms with Crippen molar-refractivity contribution in [2.45, 2.75) is 17.9 Å². The Morgan fingerprint density at radius 1 is 1.04 bits per heavy atom. The van der Waals surface area contributed by atoms with Crippen LogP contribution in [0, 0.1) is 0 Å². The third-order valence-electron chi connectivity index (χ3n) is 3.79. The van der Waals surface area contributed by atoms with E-state index in [-0.39, 0.29) is 17.4 Å². The van der Waals surface area contributed by atoms with Crippen LogP contribution < -0.4 is 10.5 Å². The summed E-state index contributed by atoms with van der Waals surface area (Å²) in [5.74, 6) is 0.180. The Morgan fingerprint density at radius 3 is 2.33 bits per heavy atom.